The Labute approximate surface area is 165 Å². The number of hydrogen-bond acceptors (Lipinski definition) is 4. The van der Waals surface area contributed by atoms with Crippen molar-refractivity contribution in [2.75, 3.05) is 19.7 Å². The fourth-order valence-electron chi connectivity index (χ4n) is 3.49. The van der Waals surface area contributed by atoms with Crippen LogP contribution in [0, 0.1) is 13.8 Å². The monoisotopic (exact) mass is 376 g/mol. The van der Waals surface area contributed by atoms with Gasteiger partial charge < -0.3 is 14.1 Å². The molecule has 144 valence electrons. The highest BCUT2D eigenvalue weighted by atomic mass is 16.5. The molecule has 0 radical (unpaired) electrons. The van der Waals surface area contributed by atoms with E-state index in [1.54, 1.807) is 0 Å². The largest absolute Gasteiger partial charge is 0.441 e. The molecule has 0 bridgehead atoms. The normalized spacial score (nSPS) is 16.9. The Morgan fingerprint density at radius 2 is 1.96 bits per heavy atom. The van der Waals surface area contributed by atoms with Crippen LogP contribution in [0.3, 0.4) is 0 Å². The predicted octanol–water partition coefficient (Wildman–Crippen LogP) is 4.10. The Kier molecular flexibility index (Phi) is 5.26. The first kappa shape index (κ1) is 18.4. The topological polar surface area (TPSA) is 55.6 Å². The highest BCUT2D eigenvalue weighted by Crippen LogP contribution is 2.25. The molecule has 3 aromatic rings. The van der Waals surface area contributed by atoms with Gasteiger partial charge in [-0.3, -0.25) is 4.79 Å². The number of aryl methyl sites for hydroxylation is 2. The first-order valence-corrected chi connectivity index (χ1v) is 9.58. The number of ether oxygens (including phenoxy) is 1. The summed E-state index contributed by atoms with van der Waals surface area (Å²) in [5.74, 6) is 1.31. The van der Waals surface area contributed by atoms with Crippen LogP contribution in [0.1, 0.15) is 28.7 Å². The standard InChI is InChI=1S/C23H24N2O3/c1-16-7-6-10-19(13-16)23-24-20(17(2)28-23)14-22(26)25-11-12-27-21(15-25)18-8-4-3-5-9-18/h3-10,13,21H,11-12,14-15H2,1-2H3. The molecule has 0 spiro atoms. The number of benzene rings is 2. The molecule has 1 aromatic heterocycles. The van der Waals surface area contributed by atoms with E-state index < -0.39 is 0 Å². The number of carbonyl (C=O) groups excluding carboxylic acids is 1. The number of nitrogens with zero attached hydrogens (tertiary/aromatic N) is 2. The Hall–Kier alpha value is -2.92. The third-order valence-electron chi connectivity index (χ3n) is 5.07. The van der Waals surface area contributed by atoms with Gasteiger partial charge in [0.15, 0.2) is 0 Å². The van der Waals surface area contributed by atoms with Crippen molar-refractivity contribution < 1.29 is 13.9 Å². The Bertz CT molecular complexity index is 965. The van der Waals surface area contributed by atoms with Crippen molar-refractivity contribution in [2.24, 2.45) is 0 Å². The zero-order valence-electron chi connectivity index (χ0n) is 16.2. The van der Waals surface area contributed by atoms with Crippen LogP contribution >= 0.6 is 0 Å². The van der Waals surface area contributed by atoms with E-state index in [1.165, 1.54) is 0 Å². The lowest BCUT2D eigenvalue weighted by Crippen LogP contribution is -2.43. The van der Waals surface area contributed by atoms with Crippen LogP contribution in [0.4, 0.5) is 0 Å². The van der Waals surface area contributed by atoms with Crippen LogP contribution in [-0.2, 0) is 16.0 Å². The maximum atomic E-state index is 12.9. The van der Waals surface area contributed by atoms with Gasteiger partial charge in [-0.1, -0.05) is 48.0 Å². The van der Waals surface area contributed by atoms with Crippen molar-refractivity contribution in [1.82, 2.24) is 9.88 Å². The Morgan fingerprint density at radius 1 is 1.14 bits per heavy atom. The minimum atomic E-state index is -0.0832. The maximum Gasteiger partial charge on any atom is 0.228 e. The minimum absolute atomic E-state index is 0.0522. The van der Waals surface area contributed by atoms with Crippen LogP contribution in [-0.4, -0.2) is 35.5 Å². The van der Waals surface area contributed by atoms with Gasteiger partial charge >= 0.3 is 0 Å². The van der Waals surface area contributed by atoms with Crippen LogP contribution in [0.5, 0.6) is 0 Å². The second kappa shape index (κ2) is 7.98. The summed E-state index contributed by atoms with van der Waals surface area (Å²) >= 11 is 0. The number of hydrogen-bond donors (Lipinski definition) is 0. The zero-order chi connectivity index (χ0) is 19.5. The summed E-state index contributed by atoms with van der Waals surface area (Å²) in [6.45, 7) is 5.60. The van der Waals surface area contributed by atoms with E-state index in [2.05, 4.69) is 4.98 Å². The van der Waals surface area contributed by atoms with Crippen LogP contribution in [0.15, 0.2) is 59.0 Å². The molecule has 0 N–H and O–H groups in total. The van der Waals surface area contributed by atoms with Crippen LogP contribution in [0.2, 0.25) is 0 Å². The highest BCUT2D eigenvalue weighted by molar-refractivity contribution is 5.79. The maximum absolute atomic E-state index is 12.9. The van der Waals surface area contributed by atoms with Crippen molar-refractivity contribution in [3.05, 3.63) is 77.2 Å². The van der Waals surface area contributed by atoms with Gasteiger partial charge in [-0.05, 0) is 31.5 Å². The van der Waals surface area contributed by atoms with Crippen molar-refractivity contribution in [2.45, 2.75) is 26.4 Å². The molecule has 0 saturated carbocycles. The lowest BCUT2D eigenvalue weighted by Gasteiger charge is -2.33. The van der Waals surface area contributed by atoms with Gasteiger partial charge in [-0.25, -0.2) is 4.98 Å². The van der Waals surface area contributed by atoms with E-state index in [4.69, 9.17) is 9.15 Å². The molecule has 4 rings (SSSR count). The number of aromatic nitrogens is 1. The average molecular weight is 376 g/mol. The number of oxazole rings is 1. The summed E-state index contributed by atoms with van der Waals surface area (Å²) < 4.78 is 11.7. The molecule has 1 aliphatic rings. The van der Waals surface area contributed by atoms with Gasteiger partial charge in [0.05, 0.1) is 25.3 Å². The van der Waals surface area contributed by atoms with E-state index in [0.29, 0.717) is 37.0 Å². The number of carbonyl (C=O) groups is 1. The van der Waals surface area contributed by atoms with Crippen molar-refractivity contribution >= 4 is 5.91 Å². The van der Waals surface area contributed by atoms with Gasteiger partial charge in [-0.2, -0.15) is 0 Å². The molecule has 0 aliphatic carbocycles. The van der Waals surface area contributed by atoms with Gasteiger partial charge in [0.25, 0.3) is 0 Å². The Morgan fingerprint density at radius 3 is 2.75 bits per heavy atom. The molecule has 2 aromatic carbocycles. The molecule has 1 aliphatic heterocycles. The van der Waals surface area contributed by atoms with E-state index in [9.17, 15) is 4.79 Å². The summed E-state index contributed by atoms with van der Waals surface area (Å²) in [5.41, 5.74) is 3.87. The number of morpholine rings is 1. The van der Waals surface area contributed by atoms with Crippen molar-refractivity contribution in [3.63, 3.8) is 0 Å². The van der Waals surface area contributed by atoms with Crippen LogP contribution < -0.4 is 0 Å². The lowest BCUT2D eigenvalue weighted by atomic mass is 10.1. The van der Waals surface area contributed by atoms with E-state index in [0.717, 1.165) is 16.7 Å². The fraction of sp³-hybridized carbons (Fsp3) is 0.304. The predicted molar refractivity (Wildman–Crippen MR) is 107 cm³/mol. The molecule has 1 amide bonds. The Balaban J connectivity index is 1.46. The fourth-order valence-corrected chi connectivity index (χ4v) is 3.49. The summed E-state index contributed by atoms with van der Waals surface area (Å²) in [6, 6.07) is 18.0. The van der Waals surface area contributed by atoms with Crippen molar-refractivity contribution in [3.8, 4) is 11.5 Å². The molecule has 28 heavy (non-hydrogen) atoms. The highest BCUT2D eigenvalue weighted by Gasteiger charge is 2.26. The average Bonchev–Trinajstić information content (AvgIpc) is 3.09. The zero-order valence-corrected chi connectivity index (χ0v) is 16.2. The summed E-state index contributed by atoms with van der Waals surface area (Å²) in [5, 5.41) is 0. The molecular weight excluding hydrogens is 352 g/mol. The van der Waals surface area contributed by atoms with Gasteiger partial charge in [0.2, 0.25) is 11.8 Å². The second-order valence-electron chi connectivity index (χ2n) is 7.18. The quantitative estimate of drug-likeness (QED) is 0.688. The molecule has 5 heteroatoms. The first-order valence-electron chi connectivity index (χ1n) is 9.58. The van der Waals surface area contributed by atoms with Gasteiger partial charge in [0.1, 0.15) is 11.9 Å². The summed E-state index contributed by atoms with van der Waals surface area (Å²) in [7, 11) is 0. The molecular formula is C23H24N2O3. The smallest absolute Gasteiger partial charge is 0.228 e. The molecule has 2 heterocycles. The second-order valence-corrected chi connectivity index (χ2v) is 7.18. The SMILES string of the molecule is Cc1cccc(-c2nc(CC(=O)N3CCOC(c4ccccc4)C3)c(C)o2)c1. The van der Waals surface area contributed by atoms with Crippen molar-refractivity contribution in [1.29, 1.82) is 0 Å². The molecule has 1 fully saturated rings. The molecule has 5 nitrogen and oxygen atoms in total. The first-order chi connectivity index (χ1) is 13.6. The summed E-state index contributed by atoms with van der Waals surface area (Å²) in [6.07, 6.45) is 0.156. The number of amides is 1. The number of rotatable bonds is 4. The molecule has 1 atom stereocenters. The van der Waals surface area contributed by atoms with Gasteiger partial charge in [-0.15, -0.1) is 0 Å². The minimum Gasteiger partial charge on any atom is -0.441 e. The summed E-state index contributed by atoms with van der Waals surface area (Å²) in [4.78, 5) is 19.3. The molecule has 1 unspecified atom stereocenters. The van der Waals surface area contributed by atoms with E-state index in [-0.39, 0.29) is 18.4 Å². The third-order valence-corrected chi connectivity index (χ3v) is 5.07. The third kappa shape index (κ3) is 3.99. The van der Waals surface area contributed by atoms with Crippen LogP contribution in [0.25, 0.3) is 11.5 Å². The van der Waals surface area contributed by atoms with E-state index >= 15 is 0 Å². The van der Waals surface area contributed by atoms with E-state index in [1.807, 2.05) is 73.3 Å². The molecule has 1 saturated heterocycles. The van der Waals surface area contributed by atoms with Gasteiger partial charge in [0, 0.05) is 12.1 Å². The lowest BCUT2D eigenvalue weighted by molar-refractivity contribution is -0.138.